The Bertz CT molecular complexity index is 1000. The second kappa shape index (κ2) is 6.88. The molecule has 0 saturated heterocycles. The molecule has 0 bridgehead atoms. The number of phenolic OH excluding ortho intramolecular Hbond substituents is 1. The molecule has 0 fully saturated rings. The summed E-state index contributed by atoms with van der Waals surface area (Å²) in [6, 6.07) is 24.0. The fourth-order valence-corrected chi connectivity index (χ4v) is 3.17. The maximum Gasteiger partial charge on any atom is 0.276 e. The van der Waals surface area contributed by atoms with Gasteiger partial charge in [0.05, 0.1) is 11.3 Å². The highest BCUT2D eigenvalue weighted by atomic mass is 16.3. The van der Waals surface area contributed by atoms with Crippen molar-refractivity contribution < 1.29 is 9.90 Å². The predicted molar refractivity (Wildman–Crippen MR) is 106 cm³/mol. The first kappa shape index (κ1) is 16.7. The Morgan fingerprint density at radius 2 is 1.63 bits per heavy atom. The Kier molecular flexibility index (Phi) is 4.26. The maximum absolute atomic E-state index is 13.2. The highest BCUT2D eigenvalue weighted by Crippen LogP contribution is 2.33. The lowest BCUT2D eigenvalue weighted by Crippen LogP contribution is -2.49. The van der Waals surface area contributed by atoms with Crippen molar-refractivity contribution >= 4 is 17.3 Å². The minimum absolute atomic E-state index is 0.101. The summed E-state index contributed by atoms with van der Waals surface area (Å²) in [7, 11) is 0. The van der Waals surface area contributed by atoms with Crippen molar-refractivity contribution in [3.8, 4) is 5.75 Å². The van der Waals surface area contributed by atoms with Crippen LogP contribution in [-0.2, 0) is 0 Å². The van der Waals surface area contributed by atoms with E-state index in [9.17, 15) is 9.90 Å². The zero-order chi connectivity index (χ0) is 18.8. The molecule has 0 aliphatic carbocycles. The minimum atomic E-state index is -0.420. The van der Waals surface area contributed by atoms with Crippen LogP contribution in [0.2, 0.25) is 0 Å². The molecule has 1 unspecified atom stereocenters. The standard InChI is InChI=1S/C22H19N3O2/c1-15(17-11-6-8-14-20(17)26)24-25-21(16-9-3-2-4-10-16)23-19-13-7-5-12-18(19)22(25)27/h2-14,21,23-24,26H,1H2. The summed E-state index contributed by atoms with van der Waals surface area (Å²) in [4.78, 5) is 13.2. The van der Waals surface area contributed by atoms with Crippen LogP contribution in [-0.4, -0.2) is 16.0 Å². The number of aromatic hydroxyl groups is 1. The molecule has 0 saturated carbocycles. The van der Waals surface area contributed by atoms with Gasteiger partial charge in [0.2, 0.25) is 0 Å². The van der Waals surface area contributed by atoms with Gasteiger partial charge in [-0.2, -0.15) is 0 Å². The minimum Gasteiger partial charge on any atom is -0.507 e. The first-order valence-electron chi connectivity index (χ1n) is 8.63. The third-order valence-corrected chi connectivity index (χ3v) is 4.53. The van der Waals surface area contributed by atoms with E-state index in [1.54, 1.807) is 24.3 Å². The molecule has 3 aromatic rings. The Labute approximate surface area is 157 Å². The zero-order valence-electron chi connectivity index (χ0n) is 14.6. The lowest BCUT2D eigenvalue weighted by molar-refractivity contribution is 0.0613. The summed E-state index contributed by atoms with van der Waals surface area (Å²) in [5, 5.41) is 15.0. The number of hydrogen-bond donors (Lipinski definition) is 3. The largest absolute Gasteiger partial charge is 0.507 e. The molecule has 1 amide bonds. The van der Waals surface area contributed by atoms with E-state index < -0.39 is 6.17 Å². The van der Waals surface area contributed by atoms with Gasteiger partial charge in [0, 0.05) is 11.3 Å². The van der Waals surface area contributed by atoms with Crippen molar-refractivity contribution in [2.45, 2.75) is 6.17 Å². The van der Waals surface area contributed by atoms with Crippen LogP contribution in [0.4, 0.5) is 5.69 Å². The number of carbonyl (C=O) groups is 1. The van der Waals surface area contributed by atoms with Crippen molar-refractivity contribution in [3.63, 3.8) is 0 Å². The lowest BCUT2D eigenvalue weighted by atomic mass is 10.0. The van der Waals surface area contributed by atoms with E-state index in [0.29, 0.717) is 16.8 Å². The van der Waals surface area contributed by atoms with Crippen LogP contribution in [0.15, 0.2) is 85.4 Å². The Balaban J connectivity index is 1.72. The third kappa shape index (κ3) is 3.11. The summed E-state index contributed by atoms with van der Waals surface area (Å²) in [6.07, 6.45) is -0.420. The van der Waals surface area contributed by atoms with E-state index in [0.717, 1.165) is 11.3 Å². The fourth-order valence-electron chi connectivity index (χ4n) is 3.17. The van der Waals surface area contributed by atoms with Crippen LogP contribution in [0.5, 0.6) is 5.75 Å². The van der Waals surface area contributed by atoms with Gasteiger partial charge in [-0.05, 0) is 29.8 Å². The van der Waals surface area contributed by atoms with E-state index >= 15 is 0 Å². The van der Waals surface area contributed by atoms with Crippen LogP contribution in [0.3, 0.4) is 0 Å². The summed E-state index contributed by atoms with van der Waals surface area (Å²) >= 11 is 0. The molecule has 0 radical (unpaired) electrons. The molecule has 1 heterocycles. The highest BCUT2D eigenvalue weighted by Gasteiger charge is 2.33. The van der Waals surface area contributed by atoms with Gasteiger partial charge in [0.25, 0.3) is 5.91 Å². The van der Waals surface area contributed by atoms with Gasteiger partial charge in [0.1, 0.15) is 11.9 Å². The topological polar surface area (TPSA) is 64.6 Å². The number of carbonyl (C=O) groups excluding carboxylic acids is 1. The third-order valence-electron chi connectivity index (χ3n) is 4.53. The number of phenols is 1. The molecule has 0 aromatic heterocycles. The molecular formula is C22H19N3O2. The molecule has 1 aliphatic heterocycles. The quantitative estimate of drug-likeness (QED) is 0.657. The molecule has 1 atom stereocenters. The predicted octanol–water partition coefficient (Wildman–Crippen LogP) is 4.13. The van der Waals surface area contributed by atoms with Gasteiger partial charge < -0.3 is 10.4 Å². The number of nitrogens with zero attached hydrogens (tertiary/aromatic N) is 1. The summed E-state index contributed by atoms with van der Waals surface area (Å²) in [6.45, 7) is 4.01. The van der Waals surface area contributed by atoms with Crippen molar-refractivity contribution in [1.29, 1.82) is 0 Å². The molecule has 5 nitrogen and oxygen atoms in total. The van der Waals surface area contributed by atoms with Gasteiger partial charge in [-0.3, -0.25) is 10.2 Å². The highest BCUT2D eigenvalue weighted by molar-refractivity contribution is 6.01. The molecule has 27 heavy (non-hydrogen) atoms. The van der Waals surface area contributed by atoms with Gasteiger partial charge in [-0.15, -0.1) is 0 Å². The Morgan fingerprint density at radius 1 is 0.963 bits per heavy atom. The number of para-hydroxylation sites is 2. The summed E-state index contributed by atoms with van der Waals surface area (Å²) in [5.41, 5.74) is 6.33. The van der Waals surface area contributed by atoms with E-state index in [4.69, 9.17) is 0 Å². The van der Waals surface area contributed by atoms with E-state index in [2.05, 4.69) is 17.3 Å². The number of anilines is 1. The molecular weight excluding hydrogens is 338 g/mol. The summed E-state index contributed by atoms with van der Waals surface area (Å²) < 4.78 is 0. The van der Waals surface area contributed by atoms with Gasteiger partial charge >= 0.3 is 0 Å². The normalized spacial score (nSPS) is 15.6. The molecule has 1 aliphatic rings. The van der Waals surface area contributed by atoms with Crippen LogP contribution in [0.25, 0.3) is 5.70 Å². The number of hydrazine groups is 1. The van der Waals surface area contributed by atoms with Crippen LogP contribution < -0.4 is 10.7 Å². The second-order valence-corrected chi connectivity index (χ2v) is 6.29. The van der Waals surface area contributed by atoms with E-state index in [1.165, 1.54) is 5.01 Å². The average molecular weight is 357 g/mol. The van der Waals surface area contributed by atoms with Gasteiger partial charge in [-0.25, -0.2) is 5.01 Å². The maximum atomic E-state index is 13.2. The lowest BCUT2D eigenvalue weighted by Gasteiger charge is -2.38. The smallest absolute Gasteiger partial charge is 0.276 e. The van der Waals surface area contributed by atoms with Crippen LogP contribution in [0.1, 0.15) is 27.7 Å². The summed E-state index contributed by atoms with van der Waals surface area (Å²) in [5.74, 6) is -0.0705. The van der Waals surface area contributed by atoms with Gasteiger partial charge in [-0.1, -0.05) is 61.2 Å². The Hall–Kier alpha value is -3.73. The van der Waals surface area contributed by atoms with Crippen molar-refractivity contribution in [3.05, 3.63) is 102 Å². The number of hydrogen-bond acceptors (Lipinski definition) is 4. The number of benzene rings is 3. The van der Waals surface area contributed by atoms with Crippen LogP contribution >= 0.6 is 0 Å². The Morgan fingerprint density at radius 3 is 2.41 bits per heavy atom. The number of amides is 1. The fraction of sp³-hybridized carbons (Fsp3) is 0.0455. The van der Waals surface area contributed by atoms with Crippen molar-refractivity contribution in [2.75, 3.05) is 5.32 Å². The first-order chi connectivity index (χ1) is 13.1. The monoisotopic (exact) mass is 357 g/mol. The van der Waals surface area contributed by atoms with Crippen molar-refractivity contribution in [1.82, 2.24) is 10.4 Å². The second-order valence-electron chi connectivity index (χ2n) is 6.29. The number of fused-ring (bicyclic) bond motifs is 1. The van der Waals surface area contributed by atoms with E-state index in [-0.39, 0.29) is 11.7 Å². The van der Waals surface area contributed by atoms with E-state index in [1.807, 2.05) is 54.6 Å². The molecule has 5 heteroatoms. The van der Waals surface area contributed by atoms with Gasteiger partial charge in [0.15, 0.2) is 0 Å². The zero-order valence-corrected chi connectivity index (χ0v) is 14.6. The molecule has 134 valence electrons. The van der Waals surface area contributed by atoms with Crippen molar-refractivity contribution in [2.24, 2.45) is 0 Å². The molecule has 0 spiro atoms. The molecule has 3 N–H and O–H groups in total. The molecule has 3 aromatic carbocycles. The first-order valence-corrected chi connectivity index (χ1v) is 8.63. The molecule has 4 rings (SSSR count). The van der Waals surface area contributed by atoms with Crippen LogP contribution in [0, 0.1) is 0 Å². The SMILES string of the molecule is C=C(NN1C(=O)c2ccccc2NC1c1ccccc1)c1ccccc1O. The average Bonchev–Trinajstić information content (AvgIpc) is 2.71. The number of nitrogens with one attached hydrogen (secondary N) is 2. The number of rotatable bonds is 4.